The van der Waals surface area contributed by atoms with Crippen molar-refractivity contribution < 1.29 is 13.9 Å². The van der Waals surface area contributed by atoms with Gasteiger partial charge in [-0.15, -0.1) is 0 Å². The smallest absolute Gasteiger partial charge is 0.258 e. The number of hydrogen-bond donors (Lipinski definition) is 0. The molecule has 8 heteroatoms. The van der Waals surface area contributed by atoms with E-state index < -0.39 is 5.82 Å². The number of anilines is 1. The lowest BCUT2D eigenvalue weighted by Gasteiger charge is -2.49. The molecule has 0 unspecified atom stereocenters. The number of rotatable bonds is 7. The summed E-state index contributed by atoms with van der Waals surface area (Å²) in [6.07, 6.45) is 4.32. The second kappa shape index (κ2) is 9.96. The highest BCUT2D eigenvalue weighted by molar-refractivity contribution is 5.97. The number of carbonyl (C=O) groups excluding carboxylic acids is 1. The first-order valence-corrected chi connectivity index (χ1v) is 12.9. The van der Waals surface area contributed by atoms with Crippen molar-refractivity contribution in [2.24, 2.45) is 10.8 Å². The van der Waals surface area contributed by atoms with Crippen LogP contribution in [0.3, 0.4) is 0 Å². The van der Waals surface area contributed by atoms with E-state index in [0.29, 0.717) is 17.3 Å². The Morgan fingerprint density at radius 3 is 2.47 bits per heavy atom. The number of likely N-dealkylation sites (tertiary alicyclic amines) is 1. The van der Waals surface area contributed by atoms with Crippen LogP contribution in [0.5, 0.6) is 11.5 Å². The SMILES string of the molecule is CC(C)N(C(=O)c1cc(F)ccc1Oc1cncnc1N1CC2(CCN(CC(C)(C)C)C2)C1)C(C)C. The Morgan fingerprint density at radius 2 is 1.83 bits per heavy atom. The zero-order valence-corrected chi connectivity index (χ0v) is 22.7. The lowest BCUT2D eigenvalue weighted by Crippen LogP contribution is -2.58. The van der Waals surface area contributed by atoms with E-state index in [4.69, 9.17) is 4.74 Å². The summed E-state index contributed by atoms with van der Waals surface area (Å²) >= 11 is 0. The number of aromatic nitrogens is 2. The third kappa shape index (κ3) is 5.64. The van der Waals surface area contributed by atoms with E-state index in [1.54, 1.807) is 11.1 Å². The molecule has 7 nitrogen and oxygen atoms in total. The predicted octanol–water partition coefficient (Wildman–Crippen LogP) is 5.23. The number of carbonyl (C=O) groups is 1. The maximum Gasteiger partial charge on any atom is 0.258 e. The Morgan fingerprint density at radius 1 is 1.14 bits per heavy atom. The molecule has 1 aromatic heterocycles. The van der Waals surface area contributed by atoms with Gasteiger partial charge in [-0.1, -0.05) is 20.8 Å². The van der Waals surface area contributed by atoms with Gasteiger partial charge < -0.3 is 19.4 Å². The molecule has 0 saturated carbocycles. The van der Waals surface area contributed by atoms with Crippen LogP contribution in [-0.2, 0) is 0 Å². The summed E-state index contributed by atoms with van der Waals surface area (Å²) in [6.45, 7) is 19.8. The molecule has 2 fully saturated rings. The summed E-state index contributed by atoms with van der Waals surface area (Å²) in [7, 11) is 0. The van der Waals surface area contributed by atoms with Gasteiger partial charge in [0, 0.05) is 43.7 Å². The normalized spacial score (nSPS) is 17.7. The number of amides is 1. The van der Waals surface area contributed by atoms with Crippen molar-refractivity contribution in [2.75, 3.05) is 37.6 Å². The molecule has 1 spiro atoms. The van der Waals surface area contributed by atoms with Crippen LogP contribution in [0.15, 0.2) is 30.7 Å². The van der Waals surface area contributed by atoms with Gasteiger partial charge in [-0.25, -0.2) is 14.4 Å². The molecule has 2 saturated heterocycles. The van der Waals surface area contributed by atoms with E-state index in [2.05, 4.69) is 40.5 Å². The van der Waals surface area contributed by atoms with E-state index >= 15 is 0 Å². The molecule has 2 aliphatic heterocycles. The minimum atomic E-state index is -0.478. The zero-order valence-electron chi connectivity index (χ0n) is 22.7. The quantitative estimate of drug-likeness (QED) is 0.522. The Hall–Kier alpha value is -2.74. The highest BCUT2D eigenvalue weighted by Gasteiger charge is 2.49. The van der Waals surface area contributed by atoms with E-state index in [9.17, 15) is 9.18 Å². The van der Waals surface area contributed by atoms with Crippen LogP contribution < -0.4 is 9.64 Å². The molecule has 0 radical (unpaired) electrons. The standard InChI is InChI=1S/C28H40FN5O2/c1-19(2)34(20(3)4)26(35)22-12-21(29)8-9-23(22)36-24-13-30-18-31-25(24)33-16-28(17-33)10-11-32(15-28)14-27(5,6)7/h8-9,12-13,18-20H,10-11,14-17H2,1-7H3. The fourth-order valence-electron chi connectivity index (χ4n) is 5.71. The Kier molecular flexibility index (Phi) is 7.28. The first-order valence-electron chi connectivity index (χ1n) is 12.9. The molecule has 4 rings (SSSR count). The maximum atomic E-state index is 14.2. The largest absolute Gasteiger partial charge is 0.451 e. The fraction of sp³-hybridized carbons (Fsp3) is 0.607. The van der Waals surface area contributed by atoms with Gasteiger partial charge in [-0.05, 0) is 64.3 Å². The predicted molar refractivity (Wildman–Crippen MR) is 140 cm³/mol. The maximum absolute atomic E-state index is 14.2. The topological polar surface area (TPSA) is 61.8 Å². The molecule has 36 heavy (non-hydrogen) atoms. The molecule has 2 aromatic rings. The third-order valence-corrected chi connectivity index (χ3v) is 6.97. The summed E-state index contributed by atoms with van der Waals surface area (Å²) in [5.74, 6) is 0.737. The molecule has 1 amide bonds. The van der Waals surface area contributed by atoms with Crippen LogP contribution in [0.2, 0.25) is 0 Å². The first kappa shape index (κ1) is 26.3. The van der Waals surface area contributed by atoms with E-state index in [1.165, 1.54) is 30.9 Å². The molecular weight excluding hydrogens is 457 g/mol. The Bertz CT molecular complexity index is 1080. The van der Waals surface area contributed by atoms with Crippen molar-refractivity contribution in [1.29, 1.82) is 0 Å². The second-order valence-electron chi connectivity index (χ2n) is 12.2. The van der Waals surface area contributed by atoms with Crippen molar-refractivity contribution in [1.82, 2.24) is 19.8 Å². The molecule has 0 bridgehead atoms. The van der Waals surface area contributed by atoms with Crippen LogP contribution >= 0.6 is 0 Å². The van der Waals surface area contributed by atoms with Crippen LogP contribution in [0.1, 0.15) is 65.2 Å². The second-order valence-corrected chi connectivity index (χ2v) is 12.2. The number of benzene rings is 1. The average molecular weight is 498 g/mol. The van der Waals surface area contributed by atoms with Gasteiger partial charge in [-0.3, -0.25) is 4.79 Å². The van der Waals surface area contributed by atoms with Gasteiger partial charge in [0.05, 0.1) is 11.8 Å². The lowest BCUT2D eigenvalue weighted by molar-refractivity contribution is 0.0640. The number of nitrogens with zero attached hydrogens (tertiary/aromatic N) is 5. The first-order chi connectivity index (χ1) is 16.9. The monoisotopic (exact) mass is 497 g/mol. The molecule has 2 aliphatic rings. The van der Waals surface area contributed by atoms with Crippen molar-refractivity contribution >= 4 is 11.7 Å². The van der Waals surface area contributed by atoms with Crippen LogP contribution in [-0.4, -0.2) is 70.5 Å². The van der Waals surface area contributed by atoms with Crippen molar-refractivity contribution in [3.8, 4) is 11.5 Å². The number of ether oxygens (including phenoxy) is 1. The molecule has 3 heterocycles. The van der Waals surface area contributed by atoms with Gasteiger partial charge in [0.25, 0.3) is 5.91 Å². The van der Waals surface area contributed by atoms with Gasteiger partial charge in [0.1, 0.15) is 17.9 Å². The lowest BCUT2D eigenvalue weighted by atomic mass is 9.79. The molecular formula is C28H40FN5O2. The van der Waals surface area contributed by atoms with Gasteiger partial charge >= 0.3 is 0 Å². The highest BCUT2D eigenvalue weighted by Crippen LogP contribution is 2.44. The van der Waals surface area contributed by atoms with Crippen molar-refractivity contribution in [3.05, 3.63) is 42.1 Å². The number of halogens is 1. The van der Waals surface area contributed by atoms with Crippen molar-refractivity contribution in [2.45, 2.75) is 67.0 Å². The summed E-state index contributed by atoms with van der Waals surface area (Å²) < 4.78 is 20.5. The van der Waals surface area contributed by atoms with Gasteiger partial charge in [-0.2, -0.15) is 0 Å². The Balaban J connectivity index is 1.53. The van der Waals surface area contributed by atoms with Crippen molar-refractivity contribution in [3.63, 3.8) is 0 Å². The summed E-state index contributed by atoms with van der Waals surface area (Å²) in [5.41, 5.74) is 0.758. The van der Waals surface area contributed by atoms with Crippen LogP contribution in [0.4, 0.5) is 10.2 Å². The minimum absolute atomic E-state index is 0.0363. The molecule has 0 N–H and O–H groups in total. The highest BCUT2D eigenvalue weighted by atomic mass is 19.1. The molecule has 1 aromatic carbocycles. The van der Waals surface area contributed by atoms with Gasteiger partial charge in [0.15, 0.2) is 11.6 Å². The third-order valence-electron chi connectivity index (χ3n) is 6.97. The molecule has 0 atom stereocenters. The van der Waals surface area contributed by atoms with Crippen LogP contribution in [0, 0.1) is 16.6 Å². The van der Waals surface area contributed by atoms with Crippen LogP contribution in [0.25, 0.3) is 0 Å². The molecule has 196 valence electrons. The zero-order chi connectivity index (χ0) is 26.3. The average Bonchev–Trinajstić information content (AvgIpc) is 3.16. The van der Waals surface area contributed by atoms with E-state index in [0.717, 1.165) is 32.7 Å². The Labute approximate surface area is 214 Å². The van der Waals surface area contributed by atoms with Gasteiger partial charge in [0.2, 0.25) is 0 Å². The fourth-order valence-corrected chi connectivity index (χ4v) is 5.71. The molecule has 0 aliphatic carbocycles. The number of hydrogen-bond acceptors (Lipinski definition) is 6. The van der Waals surface area contributed by atoms with E-state index in [1.807, 2.05) is 27.7 Å². The van der Waals surface area contributed by atoms with E-state index in [-0.39, 0.29) is 34.4 Å². The summed E-state index contributed by atoms with van der Waals surface area (Å²) in [4.78, 5) is 28.6. The summed E-state index contributed by atoms with van der Waals surface area (Å²) in [6, 6.07) is 4.00. The minimum Gasteiger partial charge on any atom is -0.451 e. The summed E-state index contributed by atoms with van der Waals surface area (Å²) in [5, 5.41) is 0.